The summed E-state index contributed by atoms with van der Waals surface area (Å²) in [6, 6.07) is 12.2. The van der Waals surface area contributed by atoms with Crippen molar-refractivity contribution < 1.29 is 4.92 Å². The number of rotatable bonds is 4. The molecule has 0 atom stereocenters. The third kappa shape index (κ3) is 4.00. The maximum absolute atomic E-state index is 11.1. The van der Waals surface area contributed by atoms with Crippen LogP contribution < -0.4 is 5.32 Å². The van der Waals surface area contributed by atoms with Gasteiger partial charge in [-0.05, 0) is 44.2 Å². The molecule has 1 heterocycles. The summed E-state index contributed by atoms with van der Waals surface area (Å²) in [6.45, 7) is 3.93. The summed E-state index contributed by atoms with van der Waals surface area (Å²) in [5.41, 5.74) is 2.53. The number of halogens is 1. The van der Waals surface area contributed by atoms with Gasteiger partial charge in [0.2, 0.25) is 0 Å². The molecule has 0 aliphatic heterocycles. The number of aromatic nitrogens is 2. The minimum Gasteiger partial charge on any atom is -0.340 e. The average molecular weight is 399 g/mol. The number of allylic oxidation sites excluding steroid dienone is 1. The van der Waals surface area contributed by atoms with Crippen molar-refractivity contribution in [1.29, 1.82) is 0 Å². The Morgan fingerprint density at radius 3 is 2.68 bits per heavy atom. The van der Waals surface area contributed by atoms with Crippen LogP contribution in [0.25, 0.3) is 17.0 Å². The second kappa shape index (κ2) is 6.98. The third-order valence-corrected chi connectivity index (χ3v) is 3.91. The lowest BCUT2D eigenvalue weighted by molar-refractivity contribution is -0.384. The van der Waals surface area contributed by atoms with Crippen molar-refractivity contribution in [2.75, 3.05) is 5.32 Å². The van der Waals surface area contributed by atoms with Crippen molar-refractivity contribution in [3.63, 3.8) is 0 Å². The molecular weight excluding hydrogens is 384 g/mol. The molecule has 0 amide bonds. The zero-order chi connectivity index (χ0) is 18.0. The summed E-state index contributed by atoms with van der Waals surface area (Å²) in [7, 11) is 0. The van der Waals surface area contributed by atoms with E-state index < -0.39 is 4.92 Å². The largest absolute Gasteiger partial charge is 0.340 e. The van der Waals surface area contributed by atoms with Crippen LogP contribution in [0.3, 0.4) is 0 Å². The quantitative estimate of drug-likeness (QED) is 0.465. The molecule has 3 rings (SSSR count). The third-order valence-electron chi connectivity index (χ3n) is 3.41. The van der Waals surface area contributed by atoms with E-state index in [2.05, 4.69) is 31.2 Å². The molecule has 7 heteroatoms. The van der Waals surface area contributed by atoms with E-state index in [1.807, 2.05) is 44.2 Å². The Kier molecular flexibility index (Phi) is 4.76. The van der Waals surface area contributed by atoms with E-state index >= 15 is 0 Å². The highest BCUT2D eigenvalue weighted by atomic mass is 79.9. The first-order valence-electron chi connectivity index (χ1n) is 7.56. The van der Waals surface area contributed by atoms with E-state index in [-0.39, 0.29) is 5.69 Å². The van der Waals surface area contributed by atoms with E-state index in [1.165, 1.54) is 12.1 Å². The zero-order valence-electron chi connectivity index (χ0n) is 13.7. The van der Waals surface area contributed by atoms with Crippen LogP contribution in [0, 0.1) is 10.1 Å². The second-order valence-electron chi connectivity index (χ2n) is 5.75. The molecule has 0 bridgehead atoms. The van der Waals surface area contributed by atoms with Crippen LogP contribution in [-0.2, 0) is 0 Å². The lowest BCUT2D eigenvalue weighted by atomic mass is 10.2. The first-order valence-corrected chi connectivity index (χ1v) is 8.35. The first kappa shape index (κ1) is 17.0. The van der Waals surface area contributed by atoms with Crippen molar-refractivity contribution in [3.05, 3.63) is 68.4 Å². The number of benzene rings is 2. The van der Waals surface area contributed by atoms with Crippen molar-refractivity contribution in [1.82, 2.24) is 9.97 Å². The highest BCUT2D eigenvalue weighted by Gasteiger charge is 2.13. The number of nitro benzene ring substituents is 1. The molecule has 0 unspecified atom stereocenters. The summed E-state index contributed by atoms with van der Waals surface area (Å²) in [4.78, 5) is 19.7. The summed E-state index contributed by atoms with van der Waals surface area (Å²) in [6.07, 6.45) is 1.87. The van der Waals surface area contributed by atoms with Crippen LogP contribution in [0.4, 0.5) is 17.2 Å². The standard InChI is InChI=1S/C18H15BrN4O2/c1-11(2)8-17-21-16-7-6-14(23(24)25)10-15(16)18(22-17)20-13-5-3-4-12(19)9-13/h3-10H,1-2H3,(H,20,21,22). The van der Waals surface area contributed by atoms with Gasteiger partial charge in [-0.2, -0.15) is 0 Å². The van der Waals surface area contributed by atoms with Crippen LogP contribution in [-0.4, -0.2) is 14.9 Å². The zero-order valence-corrected chi connectivity index (χ0v) is 15.2. The summed E-state index contributed by atoms with van der Waals surface area (Å²) in [5.74, 6) is 1.08. The molecule has 6 nitrogen and oxygen atoms in total. The van der Waals surface area contributed by atoms with E-state index in [1.54, 1.807) is 6.07 Å². The summed E-state index contributed by atoms with van der Waals surface area (Å²) >= 11 is 3.43. The van der Waals surface area contributed by atoms with Crippen LogP contribution in [0.2, 0.25) is 0 Å². The van der Waals surface area contributed by atoms with E-state index in [0.717, 1.165) is 15.7 Å². The highest BCUT2D eigenvalue weighted by molar-refractivity contribution is 9.10. The predicted molar refractivity (Wildman–Crippen MR) is 103 cm³/mol. The van der Waals surface area contributed by atoms with Crippen LogP contribution >= 0.6 is 15.9 Å². The van der Waals surface area contributed by atoms with Gasteiger partial charge < -0.3 is 5.32 Å². The highest BCUT2D eigenvalue weighted by Crippen LogP contribution is 2.28. The second-order valence-corrected chi connectivity index (χ2v) is 6.66. The number of hydrogen-bond donors (Lipinski definition) is 1. The van der Waals surface area contributed by atoms with Crippen LogP contribution in [0.1, 0.15) is 19.7 Å². The molecule has 0 aliphatic carbocycles. The molecule has 1 aromatic heterocycles. The van der Waals surface area contributed by atoms with Gasteiger partial charge in [0.15, 0.2) is 5.82 Å². The molecule has 0 saturated carbocycles. The van der Waals surface area contributed by atoms with Gasteiger partial charge in [0.05, 0.1) is 10.4 Å². The van der Waals surface area contributed by atoms with Gasteiger partial charge in [-0.15, -0.1) is 0 Å². The maximum atomic E-state index is 11.1. The van der Waals surface area contributed by atoms with Crippen LogP contribution in [0.5, 0.6) is 0 Å². The van der Waals surface area contributed by atoms with Gasteiger partial charge in [0.1, 0.15) is 5.82 Å². The Bertz CT molecular complexity index is 998. The Morgan fingerprint density at radius 1 is 1.20 bits per heavy atom. The molecule has 2 aromatic carbocycles. The van der Waals surface area contributed by atoms with Gasteiger partial charge >= 0.3 is 0 Å². The number of fused-ring (bicyclic) bond motifs is 1. The van der Waals surface area contributed by atoms with Crippen LogP contribution in [0.15, 0.2) is 52.5 Å². The number of nitrogens with zero attached hydrogens (tertiary/aromatic N) is 3. The van der Waals surface area contributed by atoms with Gasteiger partial charge in [0, 0.05) is 27.7 Å². The molecule has 0 fully saturated rings. The Hall–Kier alpha value is -2.80. The summed E-state index contributed by atoms with van der Waals surface area (Å²) < 4.78 is 0.923. The fourth-order valence-electron chi connectivity index (χ4n) is 2.37. The van der Waals surface area contributed by atoms with Crippen molar-refractivity contribution in [2.45, 2.75) is 13.8 Å². The van der Waals surface area contributed by atoms with Crippen molar-refractivity contribution >= 4 is 50.1 Å². The molecule has 0 aliphatic rings. The lowest BCUT2D eigenvalue weighted by Crippen LogP contribution is -2.00. The molecule has 25 heavy (non-hydrogen) atoms. The average Bonchev–Trinajstić information content (AvgIpc) is 2.54. The normalized spacial score (nSPS) is 10.5. The molecular formula is C18H15BrN4O2. The number of nitro groups is 1. The van der Waals surface area contributed by atoms with Gasteiger partial charge in [-0.3, -0.25) is 10.1 Å². The smallest absolute Gasteiger partial charge is 0.270 e. The number of nitrogens with one attached hydrogen (secondary N) is 1. The van der Waals surface area contributed by atoms with E-state index in [0.29, 0.717) is 22.5 Å². The molecule has 0 radical (unpaired) electrons. The minimum atomic E-state index is -0.424. The number of non-ortho nitro benzene ring substituents is 1. The van der Waals surface area contributed by atoms with Gasteiger partial charge in [-0.25, -0.2) is 9.97 Å². The predicted octanol–water partition coefficient (Wildman–Crippen LogP) is 5.47. The van der Waals surface area contributed by atoms with Crippen molar-refractivity contribution in [3.8, 4) is 0 Å². The molecule has 126 valence electrons. The summed E-state index contributed by atoms with van der Waals surface area (Å²) in [5, 5.41) is 14.9. The maximum Gasteiger partial charge on any atom is 0.270 e. The van der Waals surface area contributed by atoms with Gasteiger partial charge in [0.25, 0.3) is 5.69 Å². The van der Waals surface area contributed by atoms with E-state index in [9.17, 15) is 10.1 Å². The topological polar surface area (TPSA) is 81.0 Å². The fraction of sp³-hybridized carbons (Fsp3) is 0.111. The lowest BCUT2D eigenvalue weighted by Gasteiger charge is -2.10. The number of hydrogen-bond acceptors (Lipinski definition) is 5. The Labute approximate surface area is 152 Å². The number of anilines is 2. The Balaban J connectivity index is 2.18. The first-order chi connectivity index (χ1) is 11.9. The minimum absolute atomic E-state index is 0.00311. The van der Waals surface area contributed by atoms with Gasteiger partial charge in [-0.1, -0.05) is 27.6 Å². The molecule has 1 N–H and O–H groups in total. The fourth-order valence-corrected chi connectivity index (χ4v) is 2.77. The molecule has 0 spiro atoms. The SMILES string of the molecule is CC(C)=Cc1nc(Nc2cccc(Br)c2)c2cc([N+](=O)[O-])ccc2n1. The monoisotopic (exact) mass is 398 g/mol. The Morgan fingerprint density at radius 2 is 2.00 bits per heavy atom. The van der Waals surface area contributed by atoms with Crippen molar-refractivity contribution in [2.24, 2.45) is 0 Å². The molecule has 3 aromatic rings. The van der Waals surface area contributed by atoms with E-state index in [4.69, 9.17) is 0 Å². The molecule has 0 saturated heterocycles.